The Kier molecular flexibility index (Phi) is 5.88. The molecule has 0 spiro atoms. The summed E-state index contributed by atoms with van der Waals surface area (Å²) in [4.78, 5) is 26.6. The van der Waals surface area contributed by atoms with E-state index in [1.54, 1.807) is 54.6 Å². The highest BCUT2D eigenvalue weighted by Gasteiger charge is 2.36. The van der Waals surface area contributed by atoms with E-state index in [4.69, 9.17) is 21.1 Å². The minimum atomic E-state index is -0.398. The zero-order valence-corrected chi connectivity index (χ0v) is 16.0. The van der Waals surface area contributed by atoms with Crippen LogP contribution in [0.1, 0.15) is 5.56 Å². The highest BCUT2D eigenvalue weighted by molar-refractivity contribution is 8.19. The summed E-state index contributed by atoms with van der Waals surface area (Å²) in [7, 11) is 1.54. The van der Waals surface area contributed by atoms with Gasteiger partial charge in [0.15, 0.2) is 11.5 Å². The van der Waals surface area contributed by atoms with Gasteiger partial charge in [-0.15, -0.1) is 0 Å². The van der Waals surface area contributed by atoms with Crippen LogP contribution in [0.4, 0.5) is 10.5 Å². The molecule has 138 valence electrons. The molecular weight excluding hydrogens is 386 g/mol. The van der Waals surface area contributed by atoms with E-state index < -0.39 is 5.91 Å². The molecule has 3 rings (SSSR count). The van der Waals surface area contributed by atoms with E-state index in [9.17, 15) is 9.59 Å². The van der Waals surface area contributed by atoms with Crippen molar-refractivity contribution in [2.75, 3.05) is 18.6 Å². The van der Waals surface area contributed by atoms with Gasteiger partial charge in [-0.2, -0.15) is 0 Å². The van der Waals surface area contributed by atoms with Gasteiger partial charge < -0.3 is 9.47 Å². The van der Waals surface area contributed by atoms with Crippen LogP contribution in [-0.4, -0.2) is 24.9 Å². The number of para-hydroxylation sites is 1. The Bertz CT molecular complexity index is 924. The molecule has 7 heteroatoms. The quantitative estimate of drug-likeness (QED) is 0.494. The zero-order chi connectivity index (χ0) is 19.4. The predicted molar refractivity (Wildman–Crippen MR) is 109 cm³/mol. The van der Waals surface area contributed by atoms with E-state index in [1.807, 2.05) is 0 Å². The maximum atomic E-state index is 12.8. The molecule has 0 atom stereocenters. The van der Waals surface area contributed by atoms with Crippen LogP contribution in [0.25, 0.3) is 6.08 Å². The zero-order valence-electron chi connectivity index (χ0n) is 14.5. The Morgan fingerprint density at radius 3 is 2.59 bits per heavy atom. The lowest BCUT2D eigenvalue weighted by Gasteiger charge is -2.13. The van der Waals surface area contributed by atoms with Crippen LogP contribution < -0.4 is 14.4 Å². The molecule has 0 N–H and O–H groups in total. The fourth-order valence-corrected chi connectivity index (χ4v) is 3.48. The molecule has 0 aliphatic carbocycles. The van der Waals surface area contributed by atoms with Gasteiger partial charge >= 0.3 is 0 Å². The van der Waals surface area contributed by atoms with Crippen LogP contribution >= 0.6 is 23.4 Å². The highest BCUT2D eigenvalue weighted by Crippen LogP contribution is 2.39. The van der Waals surface area contributed by atoms with Crippen LogP contribution in [0, 0.1) is 0 Å². The Hall–Kier alpha value is -2.70. The molecule has 27 heavy (non-hydrogen) atoms. The standard InChI is InChI=1S/C20H16ClNO4S/c1-3-11-26-18-13(5-4-6-16(18)25-2)12-17-19(23)22(20(24)27-17)15-9-7-14(21)8-10-15/h3-10,12H,1,11H2,2H3/b17-12+. The average Bonchev–Trinajstić information content (AvgIpc) is 2.94. The van der Waals surface area contributed by atoms with Crippen LogP contribution in [0.15, 0.2) is 60.0 Å². The van der Waals surface area contributed by atoms with E-state index in [-0.39, 0.29) is 11.8 Å². The van der Waals surface area contributed by atoms with Gasteiger partial charge in [-0.3, -0.25) is 9.59 Å². The van der Waals surface area contributed by atoms with E-state index in [2.05, 4.69) is 6.58 Å². The number of hydrogen-bond acceptors (Lipinski definition) is 5. The molecule has 1 saturated heterocycles. The SMILES string of the molecule is C=CCOc1c(/C=C2/SC(=O)N(c3ccc(Cl)cc3)C2=O)cccc1OC. The summed E-state index contributed by atoms with van der Waals surface area (Å²) in [5.74, 6) is 0.616. The van der Waals surface area contributed by atoms with Gasteiger partial charge in [0.2, 0.25) is 0 Å². The topological polar surface area (TPSA) is 55.8 Å². The van der Waals surface area contributed by atoms with Crippen LogP contribution in [0.5, 0.6) is 11.5 Å². The number of nitrogens with zero attached hydrogens (tertiary/aromatic N) is 1. The van der Waals surface area contributed by atoms with Crippen molar-refractivity contribution in [3.8, 4) is 11.5 Å². The fourth-order valence-electron chi connectivity index (χ4n) is 2.53. The lowest BCUT2D eigenvalue weighted by atomic mass is 10.1. The third kappa shape index (κ3) is 4.02. The van der Waals surface area contributed by atoms with Crippen molar-refractivity contribution in [2.24, 2.45) is 0 Å². The smallest absolute Gasteiger partial charge is 0.298 e. The molecule has 2 aromatic carbocycles. The maximum absolute atomic E-state index is 12.8. The van der Waals surface area contributed by atoms with Gasteiger partial charge in [-0.05, 0) is 48.2 Å². The average molecular weight is 402 g/mol. The lowest BCUT2D eigenvalue weighted by Crippen LogP contribution is -2.27. The number of hydrogen-bond donors (Lipinski definition) is 0. The monoisotopic (exact) mass is 401 g/mol. The second kappa shape index (κ2) is 8.33. The first kappa shape index (κ1) is 19.1. The van der Waals surface area contributed by atoms with Crippen molar-refractivity contribution in [3.05, 3.63) is 70.6 Å². The number of halogens is 1. The summed E-state index contributed by atoms with van der Waals surface area (Å²) in [6.45, 7) is 3.92. The summed E-state index contributed by atoms with van der Waals surface area (Å²) in [5, 5.41) is 0.159. The number of anilines is 1. The van der Waals surface area contributed by atoms with E-state index >= 15 is 0 Å². The molecule has 1 aliphatic heterocycles. The van der Waals surface area contributed by atoms with Crippen molar-refractivity contribution < 1.29 is 19.1 Å². The molecule has 2 aromatic rings. The number of thioether (sulfide) groups is 1. The number of amides is 2. The maximum Gasteiger partial charge on any atom is 0.298 e. The van der Waals surface area contributed by atoms with Crippen molar-refractivity contribution in [1.29, 1.82) is 0 Å². The van der Waals surface area contributed by atoms with Crippen molar-refractivity contribution in [1.82, 2.24) is 0 Å². The summed E-state index contributed by atoms with van der Waals surface area (Å²) < 4.78 is 11.0. The van der Waals surface area contributed by atoms with Gasteiger partial charge in [-0.1, -0.05) is 36.4 Å². The first-order valence-electron chi connectivity index (χ1n) is 7.99. The van der Waals surface area contributed by atoms with E-state index in [0.29, 0.717) is 32.7 Å². The minimum absolute atomic E-state index is 0.285. The van der Waals surface area contributed by atoms with Crippen LogP contribution in [0.3, 0.4) is 0 Å². The largest absolute Gasteiger partial charge is 0.493 e. The Morgan fingerprint density at radius 2 is 1.93 bits per heavy atom. The molecule has 0 aromatic heterocycles. The summed E-state index contributed by atoms with van der Waals surface area (Å²) in [6, 6.07) is 11.9. The molecule has 2 amide bonds. The summed E-state index contributed by atoms with van der Waals surface area (Å²) in [6.07, 6.45) is 3.24. The van der Waals surface area contributed by atoms with E-state index in [0.717, 1.165) is 16.7 Å². The minimum Gasteiger partial charge on any atom is -0.493 e. The number of carbonyl (C=O) groups excluding carboxylic acids is 2. The Balaban J connectivity index is 1.96. The van der Waals surface area contributed by atoms with E-state index in [1.165, 1.54) is 7.11 Å². The second-order valence-electron chi connectivity index (χ2n) is 5.47. The lowest BCUT2D eigenvalue weighted by molar-refractivity contribution is -0.113. The second-order valence-corrected chi connectivity index (χ2v) is 6.90. The molecule has 0 radical (unpaired) electrons. The van der Waals surface area contributed by atoms with Crippen molar-refractivity contribution in [2.45, 2.75) is 0 Å². The summed E-state index contributed by atoms with van der Waals surface area (Å²) >= 11 is 6.75. The van der Waals surface area contributed by atoms with Crippen molar-refractivity contribution in [3.63, 3.8) is 0 Å². The molecule has 5 nitrogen and oxygen atoms in total. The predicted octanol–water partition coefficient (Wildman–Crippen LogP) is 5.15. The van der Waals surface area contributed by atoms with Crippen molar-refractivity contribution >= 4 is 46.3 Å². The van der Waals surface area contributed by atoms with Gasteiger partial charge in [-0.25, -0.2) is 4.90 Å². The molecule has 0 unspecified atom stereocenters. The number of rotatable bonds is 6. The molecule has 0 bridgehead atoms. The highest BCUT2D eigenvalue weighted by atomic mass is 35.5. The number of ether oxygens (including phenoxy) is 2. The Labute approximate surface area is 166 Å². The molecule has 1 heterocycles. The number of carbonyl (C=O) groups is 2. The molecule has 0 saturated carbocycles. The van der Waals surface area contributed by atoms with Gasteiger partial charge in [0.05, 0.1) is 17.7 Å². The van der Waals surface area contributed by atoms with Gasteiger partial charge in [0, 0.05) is 10.6 Å². The first-order valence-corrected chi connectivity index (χ1v) is 9.19. The summed E-state index contributed by atoms with van der Waals surface area (Å²) in [5.41, 5.74) is 1.11. The molecule has 1 fully saturated rings. The fraction of sp³-hybridized carbons (Fsp3) is 0.100. The van der Waals surface area contributed by atoms with Crippen LogP contribution in [-0.2, 0) is 4.79 Å². The first-order chi connectivity index (χ1) is 13.0. The molecule has 1 aliphatic rings. The van der Waals surface area contributed by atoms with Gasteiger partial charge in [0.25, 0.3) is 11.1 Å². The third-order valence-corrected chi connectivity index (χ3v) is 4.86. The van der Waals surface area contributed by atoms with Crippen LogP contribution in [0.2, 0.25) is 5.02 Å². The van der Waals surface area contributed by atoms with Gasteiger partial charge in [0.1, 0.15) is 6.61 Å². The Morgan fingerprint density at radius 1 is 1.19 bits per heavy atom. The number of imide groups is 1. The molecular formula is C20H16ClNO4S. The third-order valence-electron chi connectivity index (χ3n) is 3.74. The number of methoxy groups -OCH3 is 1. The normalized spacial score (nSPS) is 15.3. The number of benzene rings is 2.